The highest BCUT2D eigenvalue weighted by atomic mass is 79.9. The summed E-state index contributed by atoms with van der Waals surface area (Å²) in [5, 5.41) is 8.99. The Morgan fingerprint density at radius 1 is 1.30 bits per heavy atom. The van der Waals surface area contributed by atoms with Crippen LogP contribution >= 0.6 is 43.2 Å². The molecule has 1 aromatic heterocycles. The third-order valence-corrected chi connectivity index (χ3v) is 6.61. The molecule has 0 aliphatic carbocycles. The zero-order valence-electron chi connectivity index (χ0n) is 10.8. The van der Waals surface area contributed by atoms with Crippen LogP contribution in [0, 0.1) is 0 Å². The van der Waals surface area contributed by atoms with Gasteiger partial charge in [-0.1, -0.05) is 0 Å². The van der Waals surface area contributed by atoms with Gasteiger partial charge in [-0.15, -0.1) is 11.3 Å². The quantitative estimate of drug-likeness (QED) is 0.808. The topological polar surface area (TPSA) is 60.9 Å². The Hall–Kier alpha value is -0.440. The molecule has 5 nitrogen and oxygen atoms in total. The van der Waals surface area contributed by atoms with E-state index in [1.165, 1.54) is 11.3 Å². The first-order chi connectivity index (χ1) is 9.40. The van der Waals surface area contributed by atoms with Crippen molar-refractivity contribution in [2.45, 2.75) is 13.0 Å². The number of amides is 1. The van der Waals surface area contributed by atoms with Crippen molar-refractivity contribution in [1.82, 2.24) is 9.80 Å². The molecule has 1 unspecified atom stereocenters. The zero-order chi connectivity index (χ0) is 14.9. The van der Waals surface area contributed by atoms with E-state index in [9.17, 15) is 9.59 Å². The summed E-state index contributed by atoms with van der Waals surface area (Å²) in [6, 6.07) is 1.31. The Balaban J connectivity index is 1.97. The molecular weight excluding hydrogens is 412 g/mol. The van der Waals surface area contributed by atoms with E-state index in [1.54, 1.807) is 11.8 Å². The van der Waals surface area contributed by atoms with Crippen LogP contribution in [0.1, 0.15) is 16.6 Å². The highest BCUT2D eigenvalue weighted by molar-refractivity contribution is 9.13. The van der Waals surface area contributed by atoms with Crippen molar-refractivity contribution in [3.63, 3.8) is 0 Å². The molecule has 0 saturated carbocycles. The van der Waals surface area contributed by atoms with Crippen LogP contribution in [0.5, 0.6) is 0 Å². The number of rotatable bonds is 3. The Kier molecular flexibility index (Phi) is 5.22. The number of piperazine rings is 1. The van der Waals surface area contributed by atoms with Crippen LogP contribution in [0.15, 0.2) is 14.3 Å². The first-order valence-corrected chi connectivity index (χ1v) is 8.51. The lowest BCUT2D eigenvalue weighted by molar-refractivity contribution is -0.143. The van der Waals surface area contributed by atoms with Crippen LogP contribution in [0.3, 0.4) is 0 Å². The van der Waals surface area contributed by atoms with Crippen LogP contribution in [0.2, 0.25) is 0 Å². The average molecular weight is 426 g/mol. The molecule has 1 fully saturated rings. The smallest absolute Gasteiger partial charge is 0.320 e. The van der Waals surface area contributed by atoms with Gasteiger partial charge in [-0.25, -0.2) is 0 Å². The molecule has 1 N–H and O–H groups in total. The van der Waals surface area contributed by atoms with Gasteiger partial charge in [0, 0.05) is 30.7 Å². The summed E-state index contributed by atoms with van der Waals surface area (Å²) >= 11 is 8.15. The summed E-state index contributed by atoms with van der Waals surface area (Å²) in [7, 11) is 0. The second-order valence-corrected chi connectivity index (χ2v) is 7.80. The molecule has 1 aliphatic rings. The fourth-order valence-corrected chi connectivity index (χ4v) is 4.08. The van der Waals surface area contributed by atoms with Crippen molar-refractivity contribution in [3.05, 3.63) is 19.2 Å². The number of halogens is 2. The molecule has 2 heterocycles. The van der Waals surface area contributed by atoms with Crippen molar-refractivity contribution in [2.75, 3.05) is 26.2 Å². The van der Waals surface area contributed by atoms with Gasteiger partial charge in [-0.3, -0.25) is 14.5 Å². The Labute approximate surface area is 137 Å². The predicted molar refractivity (Wildman–Crippen MR) is 84.3 cm³/mol. The SMILES string of the molecule is CC(C(=O)O)N1CCN(C(=O)c2cc(Br)c(Br)s2)CC1. The van der Waals surface area contributed by atoms with E-state index >= 15 is 0 Å². The minimum atomic E-state index is -0.823. The summed E-state index contributed by atoms with van der Waals surface area (Å²) in [6.45, 7) is 3.97. The van der Waals surface area contributed by atoms with Crippen molar-refractivity contribution in [3.8, 4) is 0 Å². The van der Waals surface area contributed by atoms with Gasteiger partial charge in [-0.05, 0) is 44.8 Å². The van der Waals surface area contributed by atoms with E-state index in [0.717, 1.165) is 8.26 Å². The number of hydrogen-bond acceptors (Lipinski definition) is 4. The lowest BCUT2D eigenvalue weighted by atomic mass is 10.2. The van der Waals surface area contributed by atoms with Gasteiger partial charge >= 0.3 is 5.97 Å². The molecule has 0 bridgehead atoms. The van der Waals surface area contributed by atoms with Gasteiger partial charge in [0.25, 0.3) is 5.91 Å². The largest absolute Gasteiger partial charge is 0.480 e. The fraction of sp³-hybridized carbons (Fsp3) is 0.500. The molecule has 2 rings (SSSR count). The minimum Gasteiger partial charge on any atom is -0.480 e. The third-order valence-electron chi connectivity index (χ3n) is 3.36. The van der Waals surface area contributed by atoms with Gasteiger partial charge in [0.15, 0.2) is 0 Å². The maximum atomic E-state index is 12.3. The number of carbonyl (C=O) groups excluding carboxylic acids is 1. The van der Waals surface area contributed by atoms with Crippen LogP contribution in [-0.2, 0) is 4.79 Å². The highest BCUT2D eigenvalue weighted by Gasteiger charge is 2.28. The second-order valence-electron chi connectivity index (χ2n) is 4.57. The molecule has 0 aromatic carbocycles. The molecular formula is C12H14Br2N2O3S. The van der Waals surface area contributed by atoms with Gasteiger partial charge in [-0.2, -0.15) is 0 Å². The Morgan fingerprint density at radius 2 is 1.90 bits per heavy atom. The number of nitrogens with zero attached hydrogens (tertiary/aromatic N) is 2. The van der Waals surface area contributed by atoms with Crippen LogP contribution in [0.4, 0.5) is 0 Å². The molecule has 0 spiro atoms. The van der Waals surface area contributed by atoms with E-state index in [4.69, 9.17) is 5.11 Å². The molecule has 110 valence electrons. The van der Waals surface area contributed by atoms with Gasteiger partial charge < -0.3 is 10.0 Å². The molecule has 0 radical (unpaired) electrons. The number of hydrogen-bond donors (Lipinski definition) is 1. The maximum absolute atomic E-state index is 12.3. The van der Waals surface area contributed by atoms with Crippen molar-refractivity contribution >= 4 is 55.1 Å². The highest BCUT2D eigenvalue weighted by Crippen LogP contribution is 2.33. The number of thiophene rings is 1. The third kappa shape index (κ3) is 3.41. The van der Waals surface area contributed by atoms with Crippen LogP contribution in [0.25, 0.3) is 0 Å². The number of carboxylic acid groups (broad SMARTS) is 1. The van der Waals surface area contributed by atoms with E-state index in [2.05, 4.69) is 31.9 Å². The van der Waals surface area contributed by atoms with Gasteiger partial charge in [0.05, 0.1) is 8.66 Å². The molecule has 1 aromatic rings. The van der Waals surface area contributed by atoms with E-state index in [-0.39, 0.29) is 5.91 Å². The van der Waals surface area contributed by atoms with Crippen molar-refractivity contribution in [2.24, 2.45) is 0 Å². The maximum Gasteiger partial charge on any atom is 0.320 e. The van der Waals surface area contributed by atoms with Gasteiger partial charge in [0.1, 0.15) is 6.04 Å². The standard InChI is InChI=1S/C12H14Br2N2O3S/c1-7(12(18)19)15-2-4-16(5-3-15)11(17)9-6-8(13)10(14)20-9/h6-7H,2-5H2,1H3,(H,18,19). The lowest BCUT2D eigenvalue weighted by Gasteiger charge is -2.36. The first-order valence-electron chi connectivity index (χ1n) is 6.11. The summed E-state index contributed by atoms with van der Waals surface area (Å²) in [5.74, 6) is -0.820. The number of carbonyl (C=O) groups is 2. The first kappa shape index (κ1) is 15.9. The predicted octanol–water partition coefficient (Wildman–Crippen LogP) is 2.50. The Bertz CT molecular complexity index is 507. The van der Waals surface area contributed by atoms with Crippen molar-refractivity contribution in [1.29, 1.82) is 0 Å². The fourth-order valence-electron chi connectivity index (χ4n) is 2.08. The van der Waals surface area contributed by atoms with E-state index in [1.807, 2.05) is 11.0 Å². The zero-order valence-corrected chi connectivity index (χ0v) is 14.8. The van der Waals surface area contributed by atoms with Crippen LogP contribution < -0.4 is 0 Å². The number of aliphatic carboxylic acids is 1. The normalized spacial score (nSPS) is 18.1. The molecule has 8 heteroatoms. The lowest BCUT2D eigenvalue weighted by Crippen LogP contribution is -2.53. The average Bonchev–Trinajstić information content (AvgIpc) is 2.77. The van der Waals surface area contributed by atoms with Crippen LogP contribution in [-0.4, -0.2) is 59.0 Å². The number of carboxylic acids is 1. The summed E-state index contributed by atoms with van der Waals surface area (Å²) in [6.07, 6.45) is 0. The van der Waals surface area contributed by atoms with Gasteiger partial charge in [0.2, 0.25) is 0 Å². The minimum absolute atomic E-state index is 0.00373. The molecule has 1 aliphatic heterocycles. The Morgan fingerprint density at radius 3 is 2.35 bits per heavy atom. The van der Waals surface area contributed by atoms with E-state index in [0.29, 0.717) is 31.1 Å². The summed E-state index contributed by atoms with van der Waals surface area (Å²) < 4.78 is 1.78. The van der Waals surface area contributed by atoms with Crippen molar-refractivity contribution < 1.29 is 14.7 Å². The molecule has 20 heavy (non-hydrogen) atoms. The summed E-state index contributed by atoms with van der Waals surface area (Å²) in [5.41, 5.74) is 0. The molecule has 1 atom stereocenters. The summed E-state index contributed by atoms with van der Waals surface area (Å²) in [4.78, 5) is 27.6. The van der Waals surface area contributed by atoms with E-state index < -0.39 is 12.0 Å². The monoisotopic (exact) mass is 424 g/mol. The molecule has 1 saturated heterocycles. The second kappa shape index (κ2) is 6.55. The molecule has 1 amide bonds.